The van der Waals surface area contributed by atoms with Gasteiger partial charge in [0.05, 0.1) is 5.69 Å². The average molecular weight is 235 g/mol. The Kier molecular flexibility index (Phi) is 3.85. The summed E-state index contributed by atoms with van der Waals surface area (Å²) < 4.78 is 5.50. The molecule has 4 heteroatoms. The van der Waals surface area contributed by atoms with Gasteiger partial charge in [0.15, 0.2) is 0 Å². The third kappa shape index (κ3) is 3.37. The molecule has 0 bridgehead atoms. The van der Waals surface area contributed by atoms with E-state index in [-0.39, 0.29) is 6.42 Å². The molecule has 0 aliphatic carbocycles. The highest BCUT2D eigenvalue weighted by atomic mass is 16.5. The molecule has 1 aliphatic rings. The molecule has 2 rings (SSSR count). The summed E-state index contributed by atoms with van der Waals surface area (Å²) in [7, 11) is 0. The molecule has 0 fully saturated rings. The lowest BCUT2D eigenvalue weighted by atomic mass is 10.1. The molecule has 92 valence electrons. The van der Waals surface area contributed by atoms with E-state index in [1.807, 2.05) is 12.1 Å². The number of ether oxygens (including phenoxy) is 1. The lowest BCUT2D eigenvalue weighted by Crippen LogP contribution is -2.18. The summed E-state index contributed by atoms with van der Waals surface area (Å²) in [6.45, 7) is 1.56. The van der Waals surface area contributed by atoms with E-state index in [1.165, 1.54) is 5.56 Å². The van der Waals surface area contributed by atoms with Gasteiger partial charge in [-0.2, -0.15) is 0 Å². The van der Waals surface area contributed by atoms with Gasteiger partial charge in [-0.3, -0.25) is 4.79 Å². The van der Waals surface area contributed by atoms with Gasteiger partial charge in [0.2, 0.25) is 0 Å². The molecule has 17 heavy (non-hydrogen) atoms. The monoisotopic (exact) mass is 235 g/mol. The fourth-order valence-electron chi connectivity index (χ4n) is 1.95. The van der Waals surface area contributed by atoms with Crippen molar-refractivity contribution in [3.63, 3.8) is 0 Å². The summed E-state index contributed by atoms with van der Waals surface area (Å²) in [5, 5.41) is 11.8. The molecule has 0 radical (unpaired) electrons. The summed E-state index contributed by atoms with van der Waals surface area (Å²) in [6.07, 6.45) is 2.82. The minimum atomic E-state index is -0.717. The van der Waals surface area contributed by atoms with Crippen LogP contribution in [0.1, 0.15) is 24.8 Å². The maximum Gasteiger partial charge on any atom is 0.303 e. The van der Waals surface area contributed by atoms with Crippen molar-refractivity contribution >= 4 is 11.7 Å². The van der Waals surface area contributed by atoms with E-state index in [0.29, 0.717) is 6.61 Å². The predicted molar refractivity (Wildman–Crippen MR) is 65.6 cm³/mol. The van der Waals surface area contributed by atoms with Crippen LogP contribution in [0.5, 0.6) is 5.75 Å². The molecule has 0 aromatic heterocycles. The Bertz CT molecular complexity index is 404. The molecule has 1 aliphatic heterocycles. The van der Waals surface area contributed by atoms with Crippen LogP contribution in [0.3, 0.4) is 0 Å². The van der Waals surface area contributed by atoms with Crippen LogP contribution in [0.15, 0.2) is 18.2 Å². The standard InChI is InChI=1S/C13H17NO3/c15-13(16)4-2-1-3-10-5-6-12-11(9-10)14-7-8-17-12/h5-6,9,14H,1-4,7-8H2,(H,15,16). The van der Waals surface area contributed by atoms with Crippen molar-refractivity contribution in [3.05, 3.63) is 23.8 Å². The highest BCUT2D eigenvalue weighted by molar-refractivity contribution is 5.66. The number of fused-ring (bicyclic) bond motifs is 1. The van der Waals surface area contributed by atoms with Crippen molar-refractivity contribution in [3.8, 4) is 5.75 Å². The van der Waals surface area contributed by atoms with Gasteiger partial charge in [-0.25, -0.2) is 0 Å². The molecule has 1 aromatic carbocycles. The highest BCUT2D eigenvalue weighted by Crippen LogP contribution is 2.28. The van der Waals surface area contributed by atoms with Gasteiger partial charge in [-0.05, 0) is 37.0 Å². The first-order chi connectivity index (χ1) is 8.25. The topological polar surface area (TPSA) is 58.6 Å². The van der Waals surface area contributed by atoms with Gasteiger partial charge in [0.1, 0.15) is 12.4 Å². The van der Waals surface area contributed by atoms with Crippen molar-refractivity contribution < 1.29 is 14.6 Å². The number of aryl methyl sites for hydroxylation is 1. The number of aliphatic carboxylic acids is 1. The number of carboxylic acid groups (broad SMARTS) is 1. The second-order valence-electron chi connectivity index (χ2n) is 4.21. The van der Waals surface area contributed by atoms with Gasteiger partial charge in [0, 0.05) is 13.0 Å². The van der Waals surface area contributed by atoms with Crippen LogP contribution >= 0.6 is 0 Å². The Morgan fingerprint density at radius 2 is 2.29 bits per heavy atom. The molecular formula is C13H17NO3. The molecule has 1 heterocycles. The van der Waals surface area contributed by atoms with Crippen LogP contribution in [-0.4, -0.2) is 24.2 Å². The Hall–Kier alpha value is -1.71. The van der Waals surface area contributed by atoms with Crippen molar-refractivity contribution in [2.24, 2.45) is 0 Å². The number of hydrogen-bond acceptors (Lipinski definition) is 3. The zero-order valence-corrected chi connectivity index (χ0v) is 9.74. The molecule has 0 unspecified atom stereocenters. The van der Waals surface area contributed by atoms with E-state index in [1.54, 1.807) is 0 Å². The molecule has 0 spiro atoms. The maximum absolute atomic E-state index is 10.4. The van der Waals surface area contributed by atoms with Gasteiger partial charge in [0.25, 0.3) is 0 Å². The number of anilines is 1. The maximum atomic E-state index is 10.4. The number of rotatable bonds is 5. The highest BCUT2D eigenvalue weighted by Gasteiger charge is 2.09. The quantitative estimate of drug-likeness (QED) is 0.769. The number of nitrogens with one attached hydrogen (secondary N) is 1. The lowest BCUT2D eigenvalue weighted by molar-refractivity contribution is -0.137. The minimum absolute atomic E-state index is 0.256. The molecule has 2 N–H and O–H groups in total. The first kappa shape index (κ1) is 11.8. The van der Waals surface area contributed by atoms with Crippen LogP contribution in [0.2, 0.25) is 0 Å². The molecular weight excluding hydrogens is 218 g/mol. The van der Waals surface area contributed by atoms with Crippen LogP contribution < -0.4 is 10.1 Å². The third-order valence-electron chi connectivity index (χ3n) is 2.83. The molecule has 4 nitrogen and oxygen atoms in total. The van der Waals surface area contributed by atoms with E-state index >= 15 is 0 Å². The average Bonchev–Trinajstić information content (AvgIpc) is 2.34. The summed E-state index contributed by atoms with van der Waals surface area (Å²) in [5.41, 5.74) is 2.28. The zero-order valence-electron chi connectivity index (χ0n) is 9.74. The van der Waals surface area contributed by atoms with Crippen molar-refractivity contribution in [2.45, 2.75) is 25.7 Å². The van der Waals surface area contributed by atoms with Crippen LogP contribution in [-0.2, 0) is 11.2 Å². The summed E-state index contributed by atoms with van der Waals surface area (Å²) in [5.74, 6) is 0.191. The summed E-state index contributed by atoms with van der Waals surface area (Å²) in [4.78, 5) is 10.4. The molecule has 1 aromatic rings. The number of unbranched alkanes of at least 4 members (excludes halogenated alkanes) is 1. The number of hydrogen-bond donors (Lipinski definition) is 2. The van der Waals surface area contributed by atoms with Crippen LogP contribution in [0.25, 0.3) is 0 Å². The summed E-state index contributed by atoms with van der Waals surface area (Å²) >= 11 is 0. The minimum Gasteiger partial charge on any atom is -0.490 e. The van der Waals surface area contributed by atoms with E-state index in [0.717, 1.165) is 37.2 Å². The zero-order chi connectivity index (χ0) is 12.1. The third-order valence-corrected chi connectivity index (χ3v) is 2.83. The Labute approximate surface area is 101 Å². The SMILES string of the molecule is O=C(O)CCCCc1ccc2c(c1)NCCO2. The Balaban J connectivity index is 1.86. The van der Waals surface area contributed by atoms with Gasteiger partial charge in [-0.1, -0.05) is 6.07 Å². The number of benzene rings is 1. The molecule has 0 saturated heterocycles. The van der Waals surface area contributed by atoms with Gasteiger partial charge >= 0.3 is 5.97 Å². The van der Waals surface area contributed by atoms with Crippen LogP contribution in [0.4, 0.5) is 5.69 Å². The molecule has 0 saturated carbocycles. The van der Waals surface area contributed by atoms with Crippen molar-refractivity contribution in [1.29, 1.82) is 0 Å². The number of carboxylic acids is 1. The first-order valence-corrected chi connectivity index (χ1v) is 5.97. The van der Waals surface area contributed by atoms with E-state index in [2.05, 4.69) is 11.4 Å². The summed E-state index contributed by atoms with van der Waals surface area (Å²) in [6, 6.07) is 6.12. The lowest BCUT2D eigenvalue weighted by Gasteiger charge is -2.19. The Morgan fingerprint density at radius 3 is 3.12 bits per heavy atom. The number of carbonyl (C=O) groups is 1. The van der Waals surface area contributed by atoms with E-state index in [9.17, 15) is 4.79 Å². The smallest absolute Gasteiger partial charge is 0.303 e. The molecule has 0 atom stereocenters. The van der Waals surface area contributed by atoms with Gasteiger partial charge < -0.3 is 15.2 Å². The van der Waals surface area contributed by atoms with Crippen LogP contribution in [0, 0.1) is 0 Å². The Morgan fingerprint density at radius 1 is 1.41 bits per heavy atom. The second-order valence-corrected chi connectivity index (χ2v) is 4.21. The second kappa shape index (κ2) is 5.57. The fraction of sp³-hybridized carbons (Fsp3) is 0.462. The van der Waals surface area contributed by atoms with Gasteiger partial charge in [-0.15, -0.1) is 0 Å². The van der Waals surface area contributed by atoms with E-state index < -0.39 is 5.97 Å². The van der Waals surface area contributed by atoms with Crippen molar-refractivity contribution in [2.75, 3.05) is 18.5 Å². The first-order valence-electron chi connectivity index (χ1n) is 5.97. The van der Waals surface area contributed by atoms with Crippen molar-refractivity contribution in [1.82, 2.24) is 0 Å². The normalized spacial score (nSPS) is 13.4. The largest absolute Gasteiger partial charge is 0.490 e. The fourth-order valence-corrected chi connectivity index (χ4v) is 1.95. The van der Waals surface area contributed by atoms with E-state index in [4.69, 9.17) is 9.84 Å². The molecule has 0 amide bonds. The predicted octanol–water partition coefficient (Wildman–Crippen LogP) is 2.29.